The van der Waals surface area contributed by atoms with Crippen molar-refractivity contribution in [1.29, 1.82) is 0 Å². The Bertz CT molecular complexity index is 1370. The van der Waals surface area contributed by atoms with E-state index < -0.39 is 6.03 Å². The zero-order chi connectivity index (χ0) is 30.0. The Kier molecular flexibility index (Phi) is 10.9. The topological polar surface area (TPSA) is 85.9 Å². The van der Waals surface area contributed by atoms with Crippen LogP contribution in [0.15, 0.2) is 66.7 Å². The molecule has 0 aliphatic carbocycles. The summed E-state index contributed by atoms with van der Waals surface area (Å²) in [6.07, 6.45) is 4.08. The molecule has 2 heterocycles. The molecule has 0 atom stereocenters. The molecule has 5 rings (SSSR count). The molecule has 0 spiro atoms. The number of anilines is 3. The van der Waals surface area contributed by atoms with Crippen molar-refractivity contribution in [3.63, 3.8) is 0 Å². The summed E-state index contributed by atoms with van der Waals surface area (Å²) in [7, 11) is 0. The minimum atomic E-state index is -0.397. The zero-order valence-electron chi connectivity index (χ0n) is 24.9. The number of piperidine rings is 1. The minimum absolute atomic E-state index is 0.127. The van der Waals surface area contributed by atoms with Crippen molar-refractivity contribution >= 4 is 40.6 Å². The van der Waals surface area contributed by atoms with Crippen LogP contribution in [0, 0.1) is 12.8 Å². The number of nitrogens with one attached hydrogen (secondary N) is 3. The molecular formula is C34H42ClN5O3. The number of ether oxygens (including phenoxy) is 1. The van der Waals surface area contributed by atoms with E-state index in [1.807, 2.05) is 25.1 Å². The molecule has 3 N–H and O–H groups in total. The van der Waals surface area contributed by atoms with Crippen molar-refractivity contribution in [2.24, 2.45) is 5.92 Å². The first-order valence-corrected chi connectivity index (χ1v) is 15.7. The first-order valence-electron chi connectivity index (χ1n) is 15.3. The molecule has 2 saturated heterocycles. The number of morpholine rings is 1. The maximum atomic E-state index is 13.5. The number of hydrogen-bond acceptors (Lipinski definition) is 5. The monoisotopic (exact) mass is 603 g/mol. The number of hydrogen-bond donors (Lipinski definition) is 3. The van der Waals surface area contributed by atoms with E-state index in [4.69, 9.17) is 16.3 Å². The molecule has 0 saturated carbocycles. The van der Waals surface area contributed by atoms with Gasteiger partial charge in [-0.2, -0.15) is 0 Å². The van der Waals surface area contributed by atoms with Crippen LogP contribution in [-0.2, 0) is 11.2 Å². The Balaban J connectivity index is 1.24. The van der Waals surface area contributed by atoms with Crippen LogP contribution < -0.4 is 20.9 Å². The molecular weight excluding hydrogens is 562 g/mol. The third-order valence-electron chi connectivity index (χ3n) is 8.29. The van der Waals surface area contributed by atoms with Crippen molar-refractivity contribution in [1.82, 2.24) is 10.2 Å². The van der Waals surface area contributed by atoms with Gasteiger partial charge in [0.05, 0.1) is 18.8 Å². The normalized spacial score (nSPS) is 16.1. The smallest absolute Gasteiger partial charge is 0.323 e. The number of carbonyl (C=O) groups excluding carboxylic acids is 2. The molecule has 43 heavy (non-hydrogen) atoms. The summed E-state index contributed by atoms with van der Waals surface area (Å²) >= 11 is 6.22. The van der Waals surface area contributed by atoms with Crippen molar-refractivity contribution in [3.8, 4) is 0 Å². The summed E-state index contributed by atoms with van der Waals surface area (Å²) in [6, 6.07) is 21.2. The molecule has 0 unspecified atom stereocenters. The Morgan fingerprint density at radius 2 is 1.60 bits per heavy atom. The van der Waals surface area contributed by atoms with Crippen LogP contribution in [-0.4, -0.2) is 69.3 Å². The molecule has 0 aromatic heterocycles. The molecule has 9 heteroatoms. The summed E-state index contributed by atoms with van der Waals surface area (Å²) in [4.78, 5) is 31.0. The van der Waals surface area contributed by atoms with Crippen molar-refractivity contribution < 1.29 is 14.3 Å². The maximum absolute atomic E-state index is 13.5. The maximum Gasteiger partial charge on any atom is 0.323 e. The molecule has 2 aliphatic rings. The average Bonchev–Trinajstić information content (AvgIpc) is 3.02. The van der Waals surface area contributed by atoms with Gasteiger partial charge in [0.1, 0.15) is 0 Å². The molecule has 3 aromatic rings. The highest BCUT2D eigenvalue weighted by molar-refractivity contribution is 6.31. The number of urea groups is 1. The van der Waals surface area contributed by atoms with Gasteiger partial charge in [-0.15, -0.1) is 0 Å². The first-order chi connectivity index (χ1) is 20.9. The molecule has 2 fully saturated rings. The Morgan fingerprint density at radius 1 is 0.907 bits per heavy atom. The van der Waals surface area contributed by atoms with Crippen LogP contribution in [0.25, 0.3) is 0 Å². The lowest BCUT2D eigenvalue weighted by Gasteiger charge is -2.35. The van der Waals surface area contributed by atoms with Crippen molar-refractivity contribution in [2.75, 3.05) is 68.0 Å². The third kappa shape index (κ3) is 8.95. The fraction of sp³-hybridized carbons (Fsp3) is 0.412. The highest BCUT2D eigenvalue weighted by atomic mass is 35.5. The van der Waals surface area contributed by atoms with Crippen molar-refractivity contribution in [2.45, 2.75) is 32.6 Å². The quantitative estimate of drug-likeness (QED) is 0.240. The molecule has 0 radical (unpaired) electrons. The van der Waals surface area contributed by atoms with Crippen LogP contribution in [0.5, 0.6) is 0 Å². The lowest BCUT2D eigenvalue weighted by Crippen LogP contribution is -2.38. The van der Waals surface area contributed by atoms with E-state index in [1.165, 1.54) is 5.56 Å². The summed E-state index contributed by atoms with van der Waals surface area (Å²) in [5.74, 6) is 0.494. The number of nitrogens with zero attached hydrogens (tertiary/aromatic N) is 2. The van der Waals surface area contributed by atoms with Crippen LogP contribution in [0.2, 0.25) is 5.02 Å². The van der Waals surface area contributed by atoms with Gasteiger partial charge in [-0.25, -0.2) is 4.79 Å². The number of carbonyl (C=O) groups is 2. The third-order valence-corrected chi connectivity index (χ3v) is 8.70. The standard InChI is InChI=1S/C34H42ClN5O3/c1-25-8-9-29(24-31(25)35)38-34(42)37-28-10-11-32(40-16-12-27(13-17-40)22-26-6-3-2-4-7-26)30(23-28)33(41)36-14-5-15-39-18-20-43-21-19-39/h2-4,6-11,23-24,27H,5,12-22H2,1H3,(H,36,41)(H2,37,38,42). The van der Waals surface area contributed by atoms with Gasteiger partial charge in [-0.05, 0) is 86.5 Å². The molecule has 2 aliphatic heterocycles. The van der Waals surface area contributed by atoms with E-state index in [1.54, 1.807) is 18.2 Å². The zero-order valence-corrected chi connectivity index (χ0v) is 25.7. The number of amides is 3. The van der Waals surface area contributed by atoms with Crippen LogP contribution in [0.4, 0.5) is 21.9 Å². The van der Waals surface area contributed by atoms with Crippen molar-refractivity contribution in [3.05, 3.63) is 88.4 Å². The van der Waals surface area contributed by atoms with Gasteiger partial charge in [0.15, 0.2) is 0 Å². The predicted molar refractivity (Wildman–Crippen MR) is 175 cm³/mol. The summed E-state index contributed by atoms with van der Waals surface area (Å²) < 4.78 is 5.43. The van der Waals surface area contributed by atoms with E-state index in [0.717, 1.165) is 82.9 Å². The van der Waals surface area contributed by atoms with E-state index in [9.17, 15) is 9.59 Å². The predicted octanol–water partition coefficient (Wildman–Crippen LogP) is 6.20. The fourth-order valence-electron chi connectivity index (χ4n) is 5.79. The summed E-state index contributed by atoms with van der Waals surface area (Å²) in [5, 5.41) is 9.42. The number of halogens is 1. The molecule has 228 valence electrons. The Morgan fingerprint density at radius 3 is 2.33 bits per heavy atom. The molecule has 8 nitrogen and oxygen atoms in total. The van der Waals surface area contributed by atoms with Crippen LogP contribution >= 0.6 is 11.6 Å². The van der Waals surface area contributed by atoms with Gasteiger partial charge >= 0.3 is 6.03 Å². The lowest BCUT2D eigenvalue weighted by atomic mass is 9.89. The second-order valence-electron chi connectivity index (χ2n) is 11.5. The van der Waals surface area contributed by atoms with Gasteiger partial charge < -0.3 is 25.6 Å². The second kappa shape index (κ2) is 15.2. The number of aryl methyl sites for hydroxylation is 1. The molecule has 0 bridgehead atoms. The van der Waals surface area contributed by atoms with E-state index in [-0.39, 0.29) is 5.91 Å². The van der Waals surface area contributed by atoms with Gasteiger partial charge in [-0.3, -0.25) is 9.69 Å². The SMILES string of the molecule is Cc1ccc(NC(=O)Nc2ccc(N3CCC(Cc4ccccc4)CC3)c(C(=O)NCCCN3CCOCC3)c2)cc1Cl. The summed E-state index contributed by atoms with van der Waals surface area (Å²) in [6.45, 7) is 8.59. The van der Waals surface area contributed by atoms with E-state index in [0.29, 0.717) is 34.4 Å². The van der Waals surface area contributed by atoms with Gasteiger partial charge in [0, 0.05) is 54.8 Å². The number of rotatable bonds is 10. The van der Waals surface area contributed by atoms with Gasteiger partial charge in [-0.1, -0.05) is 48.0 Å². The van der Waals surface area contributed by atoms with Crippen LogP contribution in [0.3, 0.4) is 0 Å². The second-order valence-corrected chi connectivity index (χ2v) is 11.9. The van der Waals surface area contributed by atoms with E-state index >= 15 is 0 Å². The van der Waals surface area contributed by atoms with Crippen LogP contribution in [0.1, 0.15) is 40.7 Å². The fourth-order valence-corrected chi connectivity index (χ4v) is 5.97. The summed E-state index contributed by atoms with van der Waals surface area (Å²) in [5.41, 5.74) is 4.94. The highest BCUT2D eigenvalue weighted by Crippen LogP contribution is 2.30. The molecule has 3 amide bonds. The minimum Gasteiger partial charge on any atom is -0.379 e. The Hall–Kier alpha value is -3.59. The lowest BCUT2D eigenvalue weighted by molar-refractivity contribution is 0.0374. The Labute approximate surface area is 259 Å². The van der Waals surface area contributed by atoms with Gasteiger partial charge in [0.2, 0.25) is 0 Å². The average molecular weight is 604 g/mol. The highest BCUT2D eigenvalue weighted by Gasteiger charge is 2.24. The van der Waals surface area contributed by atoms with E-state index in [2.05, 4.69) is 56.1 Å². The first kappa shape index (κ1) is 30.9. The largest absolute Gasteiger partial charge is 0.379 e. The molecule has 3 aromatic carbocycles. The number of benzene rings is 3. The van der Waals surface area contributed by atoms with Gasteiger partial charge in [0.25, 0.3) is 5.91 Å².